The van der Waals surface area contributed by atoms with E-state index in [1.54, 1.807) is 42.8 Å². The summed E-state index contributed by atoms with van der Waals surface area (Å²) in [5.74, 6) is -0.575. The van der Waals surface area contributed by atoms with Crippen LogP contribution in [0.2, 0.25) is 0 Å². The van der Waals surface area contributed by atoms with E-state index in [1.807, 2.05) is 13.8 Å². The lowest BCUT2D eigenvalue weighted by Crippen LogP contribution is -2.33. The zero-order chi connectivity index (χ0) is 23.6. The van der Waals surface area contributed by atoms with Gasteiger partial charge in [-0.3, -0.25) is 4.79 Å². The lowest BCUT2D eigenvalue weighted by molar-refractivity contribution is -0.115. The third-order valence-electron chi connectivity index (χ3n) is 5.39. The van der Waals surface area contributed by atoms with Crippen molar-refractivity contribution in [2.45, 2.75) is 45.1 Å². The average molecular weight is 459 g/mol. The van der Waals surface area contributed by atoms with E-state index in [1.165, 1.54) is 35.6 Å². The molecule has 2 aromatic carbocycles. The maximum atomic E-state index is 13.2. The van der Waals surface area contributed by atoms with E-state index in [4.69, 9.17) is 0 Å². The Labute approximate surface area is 187 Å². The quantitative estimate of drug-likeness (QED) is 0.583. The van der Waals surface area contributed by atoms with Crippen LogP contribution in [0.15, 0.2) is 53.4 Å². The van der Waals surface area contributed by atoms with Gasteiger partial charge in [0.1, 0.15) is 5.82 Å². The van der Waals surface area contributed by atoms with E-state index in [9.17, 15) is 17.6 Å². The summed E-state index contributed by atoms with van der Waals surface area (Å²) in [4.78, 5) is 12.8. The second-order valence-electron chi connectivity index (χ2n) is 7.90. The minimum atomic E-state index is -3.58. The highest BCUT2D eigenvalue weighted by Gasteiger charge is 2.23. The molecular weight excluding hydrogens is 431 g/mol. The molecule has 0 saturated heterocycles. The molecule has 3 aromatic rings. The van der Waals surface area contributed by atoms with E-state index < -0.39 is 10.0 Å². The highest BCUT2D eigenvalue weighted by atomic mass is 32.2. The third-order valence-corrected chi connectivity index (χ3v) is 7.44. The van der Waals surface area contributed by atoms with Gasteiger partial charge in [0.05, 0.1) is 22.7 Å². The molecule has 7 nitrogen and oxygen atoms in total. The fourth-order valence-corrected chi connectivity index (χ4v) is 4.65. The number of aromatic nitrogens is 2. The first-order valence-corrected chi connectivity index (χ1v) is 11.6. The number of anilines is 1. The molecule has 0 unspecified atom stereocenters. The number of hydrogen-bond donors (Lipinski definition) is 1. The van der Waals surface area contributed by atoms with Crippen LogP contribution >= 0.6 is 0 Å². The minimum absolute atomic E-state index is 0.106. The standard InChI is InChI=1S/C23H27FN4O3S/c1-15(2)27(5)32(30,31)21-12-8-19(9-13-21)25-23(29)14-22-16(3)26-28(17(22)4)20-10-6-18(24)7-11-20/h6-13,15H,14H2,1-5H3,(H,25,29). The smallest absolute Gasteiger partial charge is 0.243 e. The molecule has 3 rings (SSSR count). The van der Waals surface area contributed by atoms with Gasteiger partial charge in [0.15, 0.2) is 0 Å². The summed E-state index contributed by atoms with van der Waals surface area (Å²) in [6.07, 6.45) is 0.106. The molecule has 0 bridgehead atoms. The van der Waals surface area contributed by atoms with Crippen molar-refractivity contribution in [3.63, 3.8) is 0 Å². The fraction of sp³-hybridized carbons (Fsp3) is 0.304. The van der Waals surface area contributed by atoms with Crippen LogP contribution in [0.3, 0.4) is 0 Å². The normalized spacial score (nSPS) is 11.9. The van der Waals surface area contributed by atoms with Gasteiger partial charge in [0.25, 0.3) is 0 Å². The van der Waals surface area contributed by atoms with E-state index in [0.717, 1.165) is 11.3 Å². The minimum Gasteiger partial charge on any atom is -0.326 e. The van der Waals surface area contributed by atoms with E-state index in [-0.39, 0.29) is 29.1 Å². The van der Waals surface area contributed by atoms with Crippen molar-refractivity contribution >= 4 is 21.6 Å². The van der Waals surface area contributed by atoms with Gasteiger partial charge in [0.2, 0.25) is 15.9 Å². The zero-order valence-electron chi connectivity index (χ0n) is 18.8. The Morgan fingerprint density at radius 1 is 1.09 bits per heavy atom. The van der Waals surface area contributed by atoms with Crippen molar-refractivity contribution in [2.75, 3.05) is 12.4 Å². The summed E-state index contributed by atoms with van der Waals surface area (Å²) < 4.78 is 41.3. The van der Waals surface area contributed by atoms with Crippen molar-refractivity contribution in [2.24, 2.45) is 0 Å². The third kappa shape index (κ3) is 4.89. The Balaban J connectivity index is 1.73. The number of hydrogen-bond acceptors (Lipinski definition) is 4. The first-order valence-electron chi connectivity index (χ1n) is 10.2. The molecule has 1 amide bonds. The summed E-state index contributed by atoms with van der Waals surface area (Å²) in [5.41, 5.74) is 3.50. The number of nitrogens with one attached hydrogen (secondary N) is 1. The van der Waals surface area contributed by atoms with Gasteiger partial charge in [-0.2, -0.15) is 9.40 Å². The predicted octanol–water partition coefficient (Wildman–Crippen LogP) is 3.84. The molecule has 9 heteroatoms. The molecule has 0 saturated carbocycles. The summed E-state index contributed by atoms with van der Waals surface area (Å²) >= 11 is 0. The number of rotatable bonds is 7. The first kappa shape index (κ1) is 23.6. The van der Waals surface area contributed by atoms with Gasteiger partial charge in [-0.25, -0.2) is 17.5 Å². The monoisotopic (exact) mass is 458 g/mol. The lowest BCUT2D eigenvalue weighted by Gasteiger charge is -2.21. The van der Waals surface area contributed by atoms with Crippen LogP contribution in [0.5, 0.6) is 0 Å². The van der Waals surface area contributed by atoms with Crippen LogP contribution < -0.4 is 5.32 Å². The van der Waals surface area contributed by atoms with E-state index in [2.05, 4.69) is 10.4 Å². The summed E-state index contributed by atoms with van der Waals surface area (Å²) in [7, 11) is -2.05. The Morgan fingerprint density at radius 3 is 2.25 bits per heavy atom. The van der Waals surface area contributed by atoms with Crippen molar-refractivity contribution < 1.29 is 17.6 Å². The van der Waals surface area contributed by atoms with Crippen LogP contribution in [0.25, 0.3) is 5.69 Å². The van der Waals surface area contributed by atoms with Crippen LogP contribution in [0, 0.1) is 19.7 Å². The van der Waals surface area contributed by atoms with Crippen LogP contribution in [0.1, 0.15) is 30.8 Å². The van der Waals surface area contributed by atoms with Gasteiger partial charge >= 0.3 is 0 Å². The number of halogens is 1. The van der Waals surface area contributed by atoms with Crippen LogP contribution in [-0.4, -0.2) is 41.5 Å². The predicted molar refractivity (Wildman–Crippen MR) is 122 cm³/mol. The zero-order valence-corrected chi connectivity index (χ0v) is 19.6. The number of nitrogens with zero attached hydrogens (tertiary/aromatic N) is 3. The number of carbonyl (C=O) groups excluding carboxylic acids is 1. The molecule has 1 N–H and O–H groups in total. The lowest BCUT2D eigenvalue weighted by atomic mass is 10.1. The number of amides is 1. The second-order valence-corrected chi connectivity index (χ2v) is 9.90. The number of sulfonamides is 1. The first-order chi connectivity index (χ1) is 15.0. The highest BCUT2D eigenvalue weighted by Crippen LogP contribution is 2.21. The molecule has 0 aliphatic heterocycles. The number of aryl methyl sites for hydroxylation is 1. The van der Waals surface area contributed by atoms with Crippen LogP contribution in [-0.2, 0) is 21.2 Å². The van der Waals surface area contributed by atoms with Crippen molar-refractivity contribution in [3.05, 3.63) is 71.3 Å². The van der Waals surface area contributed by atoms with Crippen molar-refractivity contribution in [1.29, 1.82) is 0 Å². The molecule has 1 aromatic heterocycles. The molecule has 0 radical (unpaired) electrons. The average Bonchev–Trinajstić information content (AvgIpc) is 3.02. The topological polar surface area (TPSA) is 84.3 Å². The Morgan fingerprint density at radius 2 is 1.69 bits per heavy atom. The van der Waals surface area contributed by atoms with Gasteiger partial charge in [0, 0.05) is 30.0 Å². The van der Waals surface area contributed by atoms with Gasteiger partial charge < -0.3 is 5.32 Å². The maximum Gasteiger partial charge on any atom is 0.243 e. The molecule has 0 fully saturated rings. The maximum absolute atomic E-state index is 13.2. The number of benzene rings is 2. The fourth-order valence-electron chi connectivity index (χ4n) is 3.28. The molecular formula is C23H27FN4O3S. The molecule has 0 aliphatic rings. The second kappa shape index (κ2) is 9.22. The summed E-state index contributed by atoms with van der Waals surface area (Å²) in [6.45, 7) is 7.28. The SMILES string of the molecule is Cc1nn(-c2ccc(F)cc2)c(C)c1CC(=O)Nc1ccc(S(=O)(=O)N(C)C(C)C)cc1. The van der Waals surface area contributed by atoms with Crippen molar-refractivity contribution in [1.82, 2.24) is 14.1 Å². The van der Waals surface area contributed by atoms with E-state index >= 15 is 0 Å². The molecule has 32 heavy (non-hydrogen) atoms. The van der Waals surface area contributed by atoms with E-state index in [0.29, 0.717) is 17.1 Å². The van der Waals surface area contributed by atoms with Gasteiger partial charge in [-0.05, 0) is 76.2 Å². The summed E-state index contributed by atoms with van der Waals surface area (Å²) in [5, 5.41) is 7.28. The molecule has 0 spiro atoms. The largest absolute Gasteiger partial charge is 0.326 e. The highest BCUT2D eigenvalue weighted by molar-refractivity contribution is 7.89. The van der Waals surface area contributed by atoms with Crippen molar-refractivity contribution in [3.8, 4) is 5.69 Å². The Kier molecular flexibility index (Phi) is 6.80. The van der Waals surface area contributed by atoms with Gasteiger partial charge in [-0.1, -0.05) is 0 Å². The Bertz CT molecular complexity index is 1220. The molecule has 0 atom stereocenters. The Hall–Kier alpha value is -3.04. The summed E-state index contributed by atoms with van der Waals surface area (Å²) in [6, 6.07) is 11.9. The molecule has 0 aliphatic carbocycles. The molecule has 1 heterocycles. The van der Waals surface area contributed by atoms with Gasteiger partial charge in [-0.15, -0.1) is 0 Å². The number of carbonyl (C=O) groups is 1. The molecule has 170 valence electrons. The van der Waals surface area contributed by atoms with Crippen LogP contribution in [0.4, 0.5) is 10.1 Å².